The maximum atomic E-state index is 11.9. The van der Waals surface area contributed by atoms with Gasteiger partial charge in [-0.3, -0.25) is 0 Å². The van der Waals surface area contributed by atoms with E-state index in [4.69, 9.17) is 0 Å². The second-order valence-corrected chi connectivity index (χ2v) is 7.16. The number of carboxylic acid groups (broad SMARTS) is 1. The standard InChI is InChI=1S/C19H18O2S/c1-11-13-6-2-3-8-16(13)22-18-14-7-4-5-12(14)9-10-15(18)17(11)19(20)21/h6,8-10H,2-5,7H2,1H3,(H,20,21). The molecule has 2 aliphatic carbocycles. The summed E-state index contributed by atoms with van der Waals surface area (Å²) in [6.45, 7) is 1.96. The summed E-state index contributed by atoms with van der Waals surface area (Å²) in [6.07, 6.45) is 9.89. The van der Waals surface area contributed by atoms with Crippen LogP contribution in [0.4, 0.5) is 0 Å². The molecule has 0 saturated carbocycles. The van der Waals surface area contributed by atoms with E-state index in [1.807, 2.05) is 13.0 Å². The molecule has 2 nitrogen and oxygen atoms in total. The first kappa shape index (κ1) is 13.9. The molecule has 4 rings (SSSR count). The maximum absolute atomic E-state index is 11.9. The van der Waals surface area contributed by atoms with Crippen LogP contribution in [0, 0.1) is 0 Å². The fourth-order valence-corrected chi connectivity index (χ4v) is 5.16. The van der Waals surface area contributed by atoms with Crippen LogP contribution in [-0.2, 0) is 17.6 Å². The molecule has 0 spiro atoms. The summed E-state index contributed by atoms with van der Waals surface area (Å²) in [5, 5.41) is 9.81. The molecule has 0 bridgehead atoms. The van der Waals surface area contributed by atoms with Crippen LogP contribution < -0.4 is 0 Å². The van der Waals surface area contributed by atoms with Gasteiger partial charge in [0.05, 0.1) is 5.57 Å². The number of aryl methyl sites for hydroxylation is 1. The molecule has 1 aromatic carbocycles. The molecule has 1 aromatic rings. The van der Waals surface area contributed by atoms with Gasteiger partial charge in [-0.05, 0) is 61.3 Å². The van der Waals surface area contributed by atoms with E-state index in [2.05, 4.69) is 18.2 Å². The van der Waals surface area contributed by atoms with Crippen LogP contribution in [0.15, 0.2) is 45.2 Å². The van der Waals surface area contributed by atoms with Gasteiger partial charge in [0.2, 0.25) is 0 Å². The number of hydrogen-bond donors (Lipinski definition) is 1. The van der Waals surface area contributed by atoms with E-state index in [1.54, 1.807) is 11.8 Å². The van der Waals surface area contributed by atoms with Crippen LogP contribution in [0.1, 0.15) is 42.9 Å². The largest absolute Gasteiger partial charge is 0.478 e. The SMILES string of the molecule is CC1=C(C(=O)O)c2ccc3c(c2SC2=CCCC=C21)CCC3. The minimum absolute atomic E-state index is 0.480. The molecule has 0 aromatic heterocycles. The number of carbonyl (C=O) groups is 1. The molecule has 3 aliphatic rings. The average Bonchev–Trinajstić information content (AvgIpc) is 2.93. The lowest BCUT2D eigenvalue weighted by molar-refractivity contribution is -0.130. The van der Waals surface area contributed by atoms with Crippen molar-refractivity contribution < 1.29 is 9.90 Å². The van der Waals surface area contributed by atoms with E-state index in [0.717, 1.165) is 42.4 Å². The highest BCUT2D eigenvalue weighted by Crippen LogP contribution is 2.49. The van der Waals surface area contributed by atoms with Gasteiger partial charge in [0.15, 0.2) is 0 Å². The third-order valence-electron chi connectivity index (χ3n) is 4.81. The number of thioether (sulfide) groups is 1. The Balaban J connectivity index is 2.03. The normalized spacial score (nSPS) is 19.7. The quantitative estimate of drug-likeness (QED) is 0.814. The van der Waals surface area contributed by atoms with Gasteiger partial charge >= 0.3 is 5.97 Å². The summed E-state index contributed by atoms with van der Waals surface area (Å²) in [4.78, 5) is 14.4. The van der Waals surface area contributed by atoms with E-state index in [-0.39, 0.29) is 0 Å². The molecular weight excluding hydrogens is 292 g/mol. The Kier molecular flexibility index (Phi) is 3.26. The van der Waals surface area contributed by atoms with E-state index in [1.165, 1.54) is 27.3 Å². The summed E-state index contributed by atoms with van der Waals surface area (Å²) in [5.41, 5.74) is 6.19. The first-order valence-electron chi connectivity index (χ1n) is 7.85. The van der Waals surface area contributed by atoms with Crippen molar-refractivity contribution in [1.82, 2.24) is 0 Å². The monoisotopic (exact) mass is 310 g/mol. The van der Waals surface area contributed by atoms with Gasteiger partial charge in [-0.25, -0.2) is 4.79 Å². The molecule has 0 amide bonds. The molecule has 3 heteroatoms. The van der Waals surface area contributed by atoms with Gasteiger partial charge < -0.3 is 5.11 Å². The van der Waals surface area contributed by atoms with Crippen molar-refractivity contribution in [2.45, 2.75) is 43.9 Å². The second-order valence-electron chi connectivity index (χ2n) is 6.10. The van der Waals surface area contributed by atoms with Crippen LogP contribution in [0.25, 0.3) is 5.57 Å². The molecule has 22 heavy (non-hydrogen) atoms. The lowest BCUT2D eigenvalue weighted by atomic mass is 9.91. The number of benzene rings is 1. The Hall–Kier alpha value is -1.74. The maximum Gasteiger partial charge on any atom is 0.336 e. The molecule has 0 fully saturated rings. The number of hydrogen-bond acceptors (Lipinski definition) is 2. The summed E-state index contributed by atoms with van der Waals surface area (Å²) < 4.78 is 0. The zero-order valence-corrected chi connectivity index (χ0v) is 13.4. The number of rotatable bonds is 1. The lowest BCUT2D eigenvalue weighted by Gasteiger charge is -2.15. The Bertz CT molecular complexity index is 781. The Morgan fingerprint density at radius 2 is 2.00 bits per heavy atom. The Labute approximate surface area is 134 Å². The number of allylic oxidation sites excluding steroid dienone is 4. The van der Waals surface area contributed by atoms with Crippen LogP contribution in [-0.4, -0.2) is 11.1 Å². The van der Waals surface area contributed by atoms with Gasteiger partial charge in [0, 0.05) is 15.4 Å². The van der Waals surface area contributed by atoms with Gasteiger partial charge in [0.1, 0.15) is 0 Å². The third-order valence-corrected chi connectivity index (χ3v) is 6.09. The van der Waals surface area contributed by atoms with Crippen molar-refractivity contribution >= 4 is 23.3 Å². The molecule has 0 atom stereocenters. The van der Waals surface area contributed by atoms with Crippen molar-refractivity contribution in [2.24, 2.45) is 0 Å². The summed E-state index contributed by atoms with van der Waals surface area (Å²) >= 11 is 1.78. The Morgan fingerprint density at radius 3 is 2.82 bits per heavy atom. The molecule has 1 N–H and O–H groups in total. The fourth-order valence-electron chi connectivity index (χ4n) is 3.76. The van der Waals surface area contributed by atoms with Crippen molar-refractivity contribution in [1.29, 1.82) is 0 Å². The number of fused-ring (bicyclic) bond motifs is 4. The van der Waals surface area contributed by atoms with Gasteiger partial charge in [0.25, 0.3) is 0 Å². The van der Waals surface area contributed by atoms with Crippen LogP contribution in [0.5, 0.6) is 0 Å². The molecule has 1 heterocycles. The predicted octanol–water partition coefficient (Wildman–Crippen LogP) is 4.74. The van der Waals surface area contributed by atoms with E-state index in [9.17, 15) is 9.90 Å². The highest BCUT2D eigenvalue weighted by Gasteiger charge is 2.30. The van der Waals surface area contributed by atoms with Gasteiger partial charge in [-0.1, -0.05) is 36.0 Å². The topological polar surface area (TPSA) is 37.3 Å². The van der Waals surface area contributed by atoms with E-state index >= 15 is 0 Å². The van der Waals surface area contributed by atoms with E-state index in [0.29, 0.717) is 5.57 Å². The molecule has 0 saturated heterocycles. The van der Waals surface area contributed by atoms with Crippen LogP contribution in [0.2, 0.25) is 0 Å². The molecule has 0 radical (unpaired) electrons. The molecular formula is C19H18O2S. The van der Waals surface area contributed by atoms with Crippen LogP contribution in [0.3, 0.4) is 0 Å². The van der Waals surface area contributed by atoms with Crippen molar-refractivity contribution in [2.75, 3.05) is 0 Å². The highest BCUT2D eigenvalue weighted by molar-refractivity contribution is 8.03. The number of carboxylic acids is 1. The van der Waals surface area contributed by atoms with Crippen molar-refractivity contribution in [3.8, 4) is 0 Å². The van der Waals surface area contributed by atoms with Crippen LogP contribution >= 0.6 is 11.8 Å². The summed E-state index contributed by atoms with van der Waals surface area (Å²) in [7, 11) is 0. The zero-order chi connectivity index (χ0) is 15.3. The average molecular weight is 310 g/mol. The molecule has 1 aliphatic heterocycles. The lowest BCUT2D eigenvalue weighted by Crippen LogP contribution is -2.05. The van der Waals surface area contributed by atoms with E-state index < -0.39 is 5.97 Å². The minimum Gasteiger partial charge on any atom is -0.478 e. The summed E-state index contributed by atoms with van der Waals surface area (Å²) in [5.74, 6) is -0.815. The van der Waals surface area contributed by atoms with Gasteiger partial charge in [-0.2, -0.15) is 0 Å². The second kappa shape index (κ2) is 5.17. The third kappa shape index (κ3) is 1.99. The number of aliphatic carboxylic acids is 1. The highest BCUT2D eigenvalue weighted by atomic mass is 32.2. The van der Waals surface area contributed by atoms with Crippen molar-refractivity contribution in [3.05, 3.63) is 57.0 Å². The molecule has 0 unspecified atom stereocenters. The Morgan fingerprint density at radius 1 is 1.18 bits per heavy atom. The first-order valence-corrected chi connectivity index (χ1v) is 8.66. The first-order chi connectivity index (χ1) is 10.7. The smallest absolute Gasteiger partial charge is 0.336 e. The van der Waals surface area contributed by atoms with Gasteiger partial charge in [-0.15, -0.1) is 0 Å². The fraction of sp³-hybridized carbons (Fsp3) is 0.316. The summed E-state index contributed by atoms with van der Waals surface area (Å²) in [6, 6.07) is 4.16. The molecule has 112 valence electrons. The zero-order valence-electron chi connectivity index (χ0n) is 12.6. The minimum atomic E-state index is -0.815. The van der Waals surface area contributed by atoms with Crippen molar-refractivity contribution in [3.63, 3.8) is 0 Å². The predicted molar refractivity (Wildman–Crippen MR) is 90.0 cm³/mol.